The molecule has 0 radical (unpaired) electrons. The molecule has 23 heavy (non-hydrogen) atoms. The van der Waals surface area contributed by atoms with E-state index in [4.69, 9.17) is 4.74 Å². The zero-order chi connectivity index (χ0) is 16.1. The van der Waals surface area contributed by atoms with Gasteiger partial charge in [-0.05, 0) is 24.3 Å². The fourth-order valence-corrected chi connectivity index (χ4v) is 2.55. The summed E-state index contributed by atoms with van der Waals surface area (Å²) in [6.07, 6.45) is 4.27. The van der Waals surface area contributed by atoms with Gasteiger partial charge in [0, 0.05) is 43.9 Å². The summed E-state index contributed by atoms with van der Waals surface area (Å²) in [5.41, 5.74) is 0. The third-order valence-electron chi connectivity index (χ3n) is 3.14. The van der Waals surface area contributed by atoms with E-state index in [1.54, 1.807) is 41.9 Å². The summed E-state index contributed by atoms with van der Waals surface area (Å²) in [4.78, 5) is 14.8. The number of rotatable bonds is 6. The fraction of sp³-hybridized carbons (Fsp3) is 0.188. The molecule has 0 saturated carbocycles. The van der Waals surface area contributed by atoms with E-state index in [0.717, 1.165) is 18.0 Å². The highest BCUT2D eigenvalue weighted by Crippen LogP contribution is 2.20. The monoisotopic (exact) mass is 330 g/mol. The first kappa shape index (κ1) is 15.4. The zero-order valence-electron chi connectivity index (χ0n) is 12.5. The van der Waals surface area contributed by atoms with Crippen LogP contribution in [0.25, 0.3) is 0 Å². The Kier molecular flexibility index (Phi) is 4.77. The molecule has 0 bridgehead atoms. The van der Waals surface area contributed by atoms with E-state index in [9.17, 15) is 4.39 Å². The Hall–Kier alpha value is -2.54. The minimum absolute atomic E-state index is 0.303. The second-order valence-corrected chi connectivity index (χ2v) is 5.83. The average Bonchev–Trinajstić information content (AvgIpc) is 3.08. The number of halogens is 1. The summed E-state index contributed by atoms with van der Waals surface area (Å²) in [7, 11) is 1.92. The van der Waals surface area contributed by atoms with Gasteiger partial charge >= 0.3 is 0 Å². The van der Waals surface area contributed by atoms with Crippen molar-refractivity contribution in [3.05, 3.63) is 58.9 Å². The van der Waals surface area contributed by atoms with Crippen molar-refractivity contribution in [2.45, 2.75) is 6.42 Å². The van der Waals surface area contributed by atoms with Gasteiger partial charge in [0.25, 0.3) is 0 Å². The molecule has 0 spiro atoms. The smallest absolute Gasteiger partial charge is 0.228 e. The number of thiazole rings is 1. The maximum absolute atomic E-state index is 12.9. The molecule has 0 atom stereocenters. The van der Waals surface area contributed by atoms with Crippen LogP contribution in [0.2, 0.25) is 0 Å². The summed E-state index contributed by atoms with van der Waals surface area (Å²) in [6.45, 7) is 0.757. The van der Waals surface area contributed by atoms with Crippen LogP contribution in [0.4, 0.5) is 10.3 Å². The molecular weight excluding hydrogens is 315 g/mol. The predicted octanol–water partition coefficient (Wildman–Crippen LogP) is 3.54. The van der Waals surface area contributed by atoms with Crippen LogP contribution in [-0.2, 0) is 6.42 Å². The quantitative estimate of drug-likeness (QED) is 0.692. The molecule has 0 amide bonds. The first-order valence-corrected chi connectivity index (χ1v) is 7.94. The highest BCUT2D eigenvalue weighted by Gasteiger charge is 2.08. The molecule has 0 unspecified atom stereocenters. The predicted molar refractivity (Wildman–Crippen MR) is 87.6 cm³/mol. The zero-order valence-corrected chi connectivity index (χ0v) is 13.3. The SMILES string of the molecule is CN(CCc1nccs1)c1nccc(Oc2ccc(F)cc2)n1. The summed E-state index contributed by atoms with van der Waals surface area (Å²) in [5.74, 6) is 1.22. The number of aromatic nitrogens is 3. The second-order valence-electron chi connectivity index (χ2n) is 4.85. The number of ether oxygens (including phenoxy) is 1. The standard InChI is InChI=1S/C16H15FN4OS/c1-21(10-7-15-18-9-11-23-15)16-19-8-6-14(20-16)22-13-4-2-12(17)3-5-13/h2-6,8-9,11H,7,10H2,1H3. The molecule has 3 rings (SSSR count). The van der Waals surface area contributed by atoms with Gasteiger partial charge in [0.15, 0.2) is 0 Å². The normalized spacial score (nSPS) is 10.5. The van der Waals surface area contributed by atoms with Crippen LogP contribution in [0, 0.1) is 5.82 Å². The molecule has 118 valence electrons. The lowest BCUT2D eigenvalue weighted by Crippen LogP contribution is -2.22. The molecule has 0 fully saturated rings. The number of hydrogen-bond acceptors (Lipinski definition) is 6. The van der Waals surface area contributed by atoms with Crippen molar-refractivity contribution in [1.82, 2.24) is 15.0 Å². The van der Waals surface area contributed by atoms with Gasteiger partial charge in [-0.15, -0.1) is 11.3 Å². The van der Waals surface area contributed by atoms with Gasteiger partial charge in [-0.3, -0.25) is 0 Å². The molecule has 3 aromatic rings. The van der Waals surface area contributed by atoms with Gasteiger partial charge in [0.2, 0.25) is 11.8 Å². The topological polar surface area (TPSA) is 51.1 Å². The van der Waals surface area contributed by atoms with Crippen LogP contribution in [0.5, 0.6) is 11.6 Å². The largest absolute Gasteiger partial charge is 0.439 e. The van der Waals surface area contributed by atoms with E-state index in [2.05, 4.69) is 15.0 Å². The number of anilines is 1. The van der Waals surface area contributed by atoms with Crippen molar-refractivity contribution >= 4 is 17.3 Å². The van der Waals surface area contributed by atoms with Crippen LogP contribution in [0.3, 0.4) is 0 Å². The molecule has 0 aliphatic carbocycles. The molecule has 7 heteroatoms. The van der Waals surface area contributed by atoms with Crippen molar-refractivity contribution in [1.29, 1.82) is 0 Å². The Morgan fingerprint density at radius 3 is 2.70 bits per heavy atom. The minimum atomic E-state index is -0.303. The summed E-state index contributed by atoms with van der Waals surface area (Å²) < 4.78 is 18.5. The summed E-state index contributed by atoms with van der Waals surface area (Å²) in [5, 5.41) is 3.04. The van der Waals surface area contributed by atoms with Crippen molar-refractivity contribution in [3.63, 3.8) is 0 Å². The van der Waals surface area contributed by atoms with Crippen LogP contribution in [0.1, 0.15) is 5.01 Å². The van der Waals surface area contributed by atoms with Gasteiger partial charge in [-0.2, -0.15) is 4.98 Å². The molecule has 5 nitrogen and oxygen atoms in total. The molecule has 0 saturated heterocycles. The highest BCUT2D eigenvalue weighted by atomic mass is 32.1. The van der Waals surface area contributed by atoms with E-state index in [1.807, 2.05) is 17.3 Å². The molecule has 1 aromatic carbocycles. The Labute approximate surface area is 137 Å². The van der Waals surface area contributed by atoms with Crippen molar-refractivity contribution in [2.24, 2.45) is 0 Å². The van der Waals surface area contributed by atoms with Crippen molar-refractivity contribution < 1.29 is 9.13 Å². The first-order valence-electron chi connectivity index (χ1n) is 7.07. The van der Waals surface area contributed by atoms with Gasteiger partial charge < -0.3 is 9.64 Å². The van der Waals surface area contributed by atoms with Gasteiger partial charge in [-0.25, -0.2) is 14.4 Å². The number of hydrogen-bond donors (Lipinski definition) is 0. The highest BCUT2D eigenvalue weighted by molar-refractivity contribution is 7.09. The van der Waals surface area contributed by atoms with E-state index in [1.165, 1.54) is 12.1 Å². The lowest BCUT2D eigenvalue weighted by Gasteiger charge is -2.16. The minimum Gasteiger partial charge on any atom is -0.439 e. The molecular formula is C16H15FN4OS. The van der Waals surface area contributed by atoms with Gasteiger partial charge in [-0.1, -0.05) is 0 Å². The third-order valence-corrected chi connectivity index (χ3v) is 3.98. The Morgan fingerprint density at radius 1 is 1.13 bits per heavy atom. The lowest BCUT2D eigenvalue weighted by molar-refractivity contribution is 0.459. The third kappa shape index (κ3) is 4.23. The number of benzene rings is 1. The number of likely N-dealkylation sites (N-methyl/N-ethyl adjacent to an activating group) is 1. The molecule has 0 aliphatic heterocycles. The summed E-state index contributed by atoms with van der Waals surface area (Å²) >= 11 is 1.63. The van der Waals surface area contributed by atoms with Crippen LogP contribution < -0.4 is 9.64 Å². The maximum Gasteiger partial charge on any atom is 0.228 e. The molecule has 2 aromatic heterocycles. The molecule has 2 heterocycles. The Bertz CT molecular complexity index is 749. The molecule has 0 N–H and O–H groups in total. The Balaban J connectivity index is 1.65. The number of nitrogens with zero attached hydrogens (tertiary/aromatic N) is 4. The van der Waals surface area contributed by atoms with E-state index in [-0.39, 0.29) is 5.82 Å². The van der Waals surface area contributed by atoms with Crippen LogP contribution in [0.15, 0.2) is 48.1 Å². The van der Waals surface area contributed by atoms with Crippen LogP contribution in [-0.4, -0.2) is 28.5 Å². The summed E-state index contributed by atoms with van der Waals surface area (Å²) in [6, 6.07) is 7.48. The maximum atomic E-state index is 12.9. The lowest BCUT2D eigenvalue weighted by atomic mass is 10.3. The van der Waals surface area contributed by atoms with Crippen LogP contribution >= 0.6 is 11.3 Å². The Morgan fingerprint density at radius 2 is 1.96 bits per heavy atom. The fourth-order valence-electron chi connectivity index (χ4n) is 1.94. The van der Waals surface area contributed by atoms with E-state index < -0.39 is 0 Å². The first-order chi connectivity index (χ1) is 11.2. The second kappa shape index (κ2) is 7.15. The van der Waals surface area contributed by atoms with Gasteiger partial charge in [0.05, 0.1) is 5.01 Å². The van der Waals surface area contributed by atoms with Gasteiger partial charge in [0.1, 0.15) is 11.6 Å². The average molecular weight is 330 g/mol. The van der Waals surface area contributed by atoms with Crippen molar-refractivity contribution in [2.75, 3.05) is 18.5 Å². The molecule has 0 aliphatic rings. The van der Waals surface area contributed by atoms with Crippen molar-refractivity contribution in [3.8, 4) is 11.6 Å². The van der Waals surface area contributed by atoms with E-state index >= 15 is 0 Å². The van der Waals surface area contributed by atoms with E-state index in [0.29, 0.717) is 17.6 Å².